The van der Waals surface area contributed by atoms with E-state index in [1.807, 2.05) is 44.2 Å². The van der Waals surface area contributed by atoms with Crippen LogP contribution in [0.3, 0.4) is 0 Å². The first-order chi connectivity index (χ1) is 11.5. The Labute approximate surface area is 145 Å². The number of aryl methyl sites for hydroxylation is 2. The normalized spacial score (nSPS) is 10.7. The zero-order chi connectivity index (χ0) is 17.3. The molecule has 124 valence electrons. The number of carbonyl (C=O) groups excluding carboxylic acids is 1. The Hall–Kier alpha value is -2.53. The Kier molecular flexibility index (Phi) is 4.44. The molecule has 0 fully saturated rings. The Morgan fingerprint density at radius 2 is 1.71 bits per heavy atom. The molecular weight excluding hydrogens is 322 g/mol. The van der Waals surface area contributed by atoms with Crippen LogP contribution in [0.2, 0.25) is 0 Å². The van der Waals surface area contributed by atoms with Gasteiger partial charge in [0.15, 0.2) is 11.5 Å². The highest BCUT2D eigenvalue weighted by Crippen LogP contribution is 2.35. The number of nitrogens with one attached hydrogen (secondary N) is 1. The highest BCUT2D eigenvalue weighted by Gasteiger charge is 2.17. The van der Waals surface area contributed by atoms with E-state index in [4.69, 9.17) is 9.47 Å². The van der Waals surface area contributed by atoms with Crippen LogP contribution < -0.4 is 14.8 Å². The van der Waals surface area contributed by atoms with Gasteiger partial charge in [-0.05, 0) is 42.5 Å². The Balaban J connectivity index is 1.95. The molecule has 1 heterocycles. The number of fused-ring (bicyclic) bond motifs is 1. The van der Waals surface area contributed by atoms with Gasteiger partial charge in [0.1, 0.15) is 0 Å². The lowest BCUT2D eigenvalue weighted by atomic mass is 10.1. The standard InChI is InChI=1S/C19H19NO3S/c1-11-9-15(22-3)16(23-4)10-14(11)20-19(21)18-12(2)13-7-5-6-8-17(13)24-18/h5-10H,1-4H3,(H,20,21). The lowest BCUT2D eigenvalue weighted by Gasteiger charge is -2.13. The molecule has 0 atom stereocenters. The molecule has 0 bridgehead atoms. The molecule has 24 heavy (non-hydrogen) atoms. The maximum atomic E-state index is 12.7. The molecule has 0 unspecified atom stereocenters. The van der Waals surface area contributed by atoms with Gasteiger partial charge in [0, 0.05) is 16.5 Å². The number of hydrogen-bond acceptors (Lipinski definition) is 4. The maximum Gasteiger partial charge on any atom is 0.266 e. The van der Waals surface area contributed by atoms with Crippen LogP contribution in [0.4, 0.5) is 5.69 Å². The second kappa shape index (κ2) is 6.53. The summed E-state index contributed by atoms with van der Waals surface area (Å²) in [6.45, 7) is 3.91. The van der Waals surface area contributed by atoms with Crippen LogP contribution in [0.25, 0.3) is 10.1 Å². The Bertz CT molecular complexity index is 914. The predicted molar refractivity (Wildman–Crippen MR) is 98.8 cm³/mol. The van der Waals surface area contributed by atoms with Crippen LogP contribution in [-0.2, 0) is 0 Å². The summed E-state index contributed by atoms with van der Waals surface area (Å²) in [6.07, 6.45) is 0. The summed E-state index contributed by atoms with van der Waals surface area (Å²) in [7, 11) is 3.17. The van der Waals surface area contributed by atoms with Gasteiger partial charge in [0.05, 0.1) is 19.1 Å². The molecule has 3 aromatic rings. The molecule has 1 N–H and O–H groups in total. The molecule has 2 aromatic carbocycles. The molecule has 0 radical (unpaired) electrons. The zero-order valence-electron chi connectivity index (χ0n) is 14.1. The minimum absolute atomic E-state index is 0.107. The van der Waals surface area contributed by atoms with Gasteiger partial charge in [-0.25, -0.2) is 0 Å². The monoisotopic (exact) mass is 341 g/mol. The minimum Gasteiger partial charge on any atom is -0.493 e. The van der Waals surface area contributed by atoms with Gasteiger partial charge in [-0.1, -0.05) is 18.2 Å². The minimum atomic E-state index is -0.107. The number of benzene rings is 2. The van der Waals surface area contributed by atoms with Crippen LogP contribution in [-0.4, -0.2) is 20.1 Å². The quantitative estimate of drug-likeness (QED) is 0.742. The molecule has 3 rings (SSSR count). The highest BCUT2D eigenvalue weighted by molar-refractivity contribution is 7.21. The summed E-state index contributed by atoms with van der Waals surface area (Å²) >= 11 is 1.51. The van der Waals surface area contributed by atoms with E-state index in [0.29, 0.717) is 11.5 Å². The van der Waals surface area contributed by atoms with E-state index < -0.39 is 0 Å². The van der Waals surface area contributed by atoms with Gasteiger partial charge in [0.2, 0.25) is 0 Å². The molecule has 0 saturated heterocycles. The van der Waals surface area contributed by atoms with Crippen LogP contribution in [0.15, 0.2) is 36.4 Å². The van der Waals surface area contributed by atoms with E-state index in [1.165, 1.54) is 11.3 Å². The molecule has 5 heteroatoms. The number of amides is 1. The smallest absolute Gasteiger partial charge is 0.266 e. The van der Waals surface area contributed by atoms with Crippen molar-refractivity contribution in [1.29, 1.82) is 0 Å². The number of anilines is 1. The van der Waals surface area contributed by atoms with Gasteiger partial charge in [-0.3, -0.25) is 4.79 Å². The predicted octanol–water partition coefficient (Wildman–Crippen LogP) is 4.79. The molecule has 0 aliphatic heterocycles. The summed E-state index contributed by atoms with van der Waals surface area (Å²) in [4.78, 5) is 13.5. The molecule has 0 saturated carbocycles. The summed E-state index contributed by atoms with van der Waals surface area (Å²) in [5.74, 6) is 1.13. The topological polar surface area (TPSA) is 47.6 Å². The van der Waals surface area contributed by atoms with Crippen molar-refractivity contribution in [2.75, 3.05) is 19.5 Å². The van der Waals surface area contributed by atoms with Gasteiger partial charge in [0.25, 0.3) is 5.91 Å². The SMILES string of the molecule is COc1cc(C)c(NC(=O)c2sc3ccccc3c2C)cc1OC. The van der Waals surface area contributed by atoms with Crippen molar-refractivity contribution in [2.45, 2.75) is 13.8 Å². The van der Waals surface area contributed by atoms with Crippen LogP contribution in [0.5, 0.6) is 11.5 Å². The van der Waals surface area contributed by atoms with Gasteiger partial charge in [-0.2, -0.15) is 0 Å². The average molecular weight is 341 g/mol. The summed E-state index contributed by atoms with van der Waals surface area (Å²) in [5, 5.41) is 4.11. The van der Waals surface area contributed by atoms with Crippen molar-refractivity contribution < 1.29 is 14.3 Å². The van der Waals surface area contributed by atoms with E-state index in [0.717, 1.165) is 31.8 Å². The first-order valence-corrected chi connectivity index (χ1v) is 8.39. The number of ether oxygens (including phenoxy) is 2. The van der Waals surface area contributed by atoms with Gasteiger partial charge in [-0.15, -0.1) is 11.3 Å². The molecular formula is C19H19NO3S. The number of hydrogen-bond donors (Lipinski definition) is 1. The number of rotatable bonds is 4. The molecule has 1 aromatic heterocycles. The van der Waals surface area contributed by atoms with Crippen molar-refractivity contribution in [3.8, 4) is 11.5 Å². The second-order valence-corrected chi connectivity index (χ2v) is 6.58. The fourth-order valence-electron chi connectivity index (χ4n) is 2.69. The number of thiophene rings is 1. The second-order valence-electron chi connectivity index (χ2n) is 5.53. The van der Waals surface area contributed by atoms with Gasteiger partial charge >= 0.3 is 0 Å². The Morgan fingerprint density at radius 3 is 2.38 bits per heavy atom. The number of carbonyl (C=O) groups is 1. The van der Waals surface area contributed by atoms with E-state index in [1.54, 1.807) is 20.3 Å². The summed E-state index contributed by atoms with van der Waals surface area (Å²) in [5.41, 5.74) is 2.64. The van der Waals surface area contributed by atoms with E-state index >= 15 is 0 Å². The maximum absolute atomic E-state index is 12.7. The molecule has 1 amide bonds. The zero-order valence-corrected chi connectivity index (χ0v) is 14.9. The van der Waals surface area contributed by atoms with E-state index in [2.05, 4.69) is 5.32 Å². The van der Waals surface area contributed by atoms with Crippen molar-refractivity contribution in [2.24, 2.45) is 0 Å². The average Bonchev–Trinajstić information content (AvgIpc) is 2.93. The van der Waals surface area contributed by atoms with Crippen LogP contribution in [0.1, 0.15) is 20.8 Å². The largest absolute Gasteiger partial charge is 0.493 e. The lowest BCUT2D eigenvalue weighted by Crippen LogP contribution is -2.12. The van der Waals surface area contributed by atoms with Crippen LogP contribution >= 0.6 is 11.3 Å². The Morgan fingerprint density at radius 1 is 1.04 bits per heavy atom. The fraction of sp³-hybridized carbons (Fsp3) is 0.211. The van der Waals surface area contributed by atoms with Crippen molar-refractivity contribution >= 4 is 33.0 Å². The number of methoxy groups -OCH3 is 2. The van der Waals surface area contributed by atoms with Crippen molar-refractivity contribution in [3.63, 3.8) is 0 Å². The van der Waals surface area contributed by atoms with E-state index in [-0.39, 0.29) is 5.91 Å². The van der Waals surface area contributed by atoms with E-state index in [9.17, 15) is 4.79 Å². The van der Waals surface area contributed by atoms with Crippen molar-refractivity contribution in [1.82, 2.24) is 0 Å². The third kappa shape index (κ3) is 2.83. The highest BCUT2D eigenvalue weighted by atomic mass is 32.1. The van der Waals surface area contributed by atoms with Crippen LogP contribution in [0, 0.1) is 13.8 Å². The molecule has 0 aliphatic rings. The lowest BCUT2D eigenvalue weighted by molar-refractivity contribution is 0.103. The van der Waals surface area contributed by atoms with Crippen molar-refractivity contribution in [3.05, 3.63) is 52.4 Å². The first-order valence-electron chi connectivity index (χ1n) is 7.57. The third-order valence-corrected chi connectivity index (χ3v) is 5.30. The fourth-order valence-corrected chi connectivity index (χ4v) is 3.79. The summed E-state index contributed by atoms with van der Waals surface area (Å²) in [6, 6.07) is 11.7. The van der Waals surface area contributed by atoms with Gasteiger partial charge < -0.3 is 14.8 Å². The molecule has 0 aliphatic carbocycles. The molecule has 0 spiro atoms. The molecule has 4 nitrogen and oxygen atoms in total. The third-order valence-electron chi connectivity index (χ3n) is 4.03. The first kappa shape index (κ1) is 16.3. The summed E-state index contributed by atoms with van der Waals surface area (Å²) < 4.78 is 11.7.